The average molecular weight is 539 g/mol. The molecule has 1 unspecified atom stereocenters. The fourth-order valence-corrected chi connectivity index (χ4v) is 6.76. The Kier molecular flexibility index (Phi) is 4.99. The second-order valence-corrected chi connectivity index (χ2v) is 11.1. The zero-order valence-corrected chi connectivity index (χ0v) is 22.9. The Balaban J connectivity index is 1.18. The van der Waals surface area contributed by atoms with Gasteiger partial charge in [-0.1, -0.05) is 91.0 Å². The summed E-state index contributed by atoms with van der Waals surface area (Å²) in [6.45, 7) is 0. The number of hydrogen-bond donors (Lipinski definition) is 0. The van der Waals surface area contributed by atoms with Crippen LogP contribution in [0.2, 0.25) is 0 Å². The lowest BCUT2D eigenvalue weighted by Gasteiger charge is -2.20. The highest BCUT2D eigenvalue weighted by molar-refractivity contribution is 6.09. The van der Waals surface area contributed by atoms with Crippen LogP contribution in [0.15, 0.2) is 134 Å². The molecule has 0 spiro atoms. The van der Waals surface area contributed by atoms with E-state index >= 15 is 0 Å². The number of hydrogen-bond acceptors (Lipinski definition) is 2. The largest absolute Gasteiger partial charge is 0.310 e. The van der Waals surface area contributed by atoms with Gasteiger partial charge >= 0.3 is 0 Å². The van der Waals surface area contributed by atoms with Crippen LogP contribution >= 0.6 is 0 Å². The fourth-order valence-electron chi connectivity index (χ4n) is 6.76. The highest BCUT2D eigenvalue weighted by atomic mass is 15.1. The maximum Gasteiger partial charge on any atom is 0.165 e. The molecule has 0 bridgehead atoms. The molecule has 0 saturated heterocycles. The van der Waals surface area contributed by atoms with E-state index in [0.717, 1.165) is 45.3 Å². The van der Waals surface area contributed by atoms with Crippen molar-refractivity contribution in [2.24, 2.45) is 0 Å². The van der Waals surface area contributed by atoms with Gasteiger partial charge in [-0.25, -0.2) is 9.97 Å². The monoisotopic (exact) mass is 538 g/mol. The van der Waals surface area contributed by atoms with Crippen LogP contribution in [0.1, 0.15) is 22.7 Å². The molecule has 4 heteroatoms. The highest BCUT2D eigenvalue weighted by Gasteiger charge is 2.24. The van der Waals surface area contributed by atoms with Crippen LogP contribution in [0, 0.1) is 0 Å². The number of para-hydroxylation sites is 2. The summed E-state index contributed by atoms with van der Waals surface area (Å²) in [5.41, 5.74) is 11.3. The smallest absolute Gasteiger partial charge is 0.165 e. The van der Waals surface area contributed by atoms with Crippen molar-refractivity contribution in [3.63, 3.8) is 0 Å². The number of allylic oxidation sites excluding steroid dienone is 1. The number of pyridine rings is 2. The first-order valence-corrected chi connectivity index (χ1v) is 14.5. The van der Waals surface area contributed by atoms with Gasteiger partial charge in [-0.15, -0.1) is 0 Å². The molecule has 1 aliphatic carbocycles. The first kappa shape index (κ1) is 23.2. The zero-order valence-electron chi connectivity index (χ0n) is 22.9. The Labute approximate surface area is 242 Å². The number of fused-ring (bicyclic) bond motifs is 8. The second-order valence-electron chi connectivity index (χ2n) is 11.1. The number of aromatic nitrogens is 4. The zero-order chi connectivity index (χ0) is 27.6. The summed E-state index contributed by atoms with van der Waals surface area (Å²) in [5, 5.41) is 3.58. The van der Waals surface area contributed by atoms with E-state index in [1.807, 2.05) is 24.4 Å². The molecule has 0 radical (unpaired) electrons. The predicted molar refractivity (Wildman–Crippen MR) is 172 cm³/mol. The van der Waals surface area contributed by atoms with Crippen molar-refractivity contribution in [3.8, 4) is 16.9 Å². The van der Waals surface area contributed by atoms with Crippen molar-refractivity contribution in [2.75, 3.05) is 0 Å². The van der Waals surface area contributed by atoms with Gasteiger partial charge in [0.2, 0.25) is 0 Å². The summed E-state index contributed by atoms with van der Waals surface area (Å²) >= 11 is 0. The third-order valence-electron chi connectivity index (χ3n) is 8.69. The molecular weight excluding hydrogens is 512 g/mol. The molecule has 9 rings (SSSR count). The molecule has 4 nitrogen and oxygen atoms in total. The van der Waals surface area contributed by atoms with Crippen molar-refractivity contribution in [1.29, 1.82) is 0 Å². The molecule has 4 aromatic carbocycles. The van der Waals surface area contributed by atoms with E-state index in [0.29, 0.717) is 0 Å². The van der Waals surface area contributed by atoms with E-state index in [2.05, 4.69) is 124 Å². The molecule has 0 amide bonds. The topological polar surface area (TPSA) is 35.1 Å². The molecule has 0 saturated carbocycles. The van der Waals surface area contributed by atoms with Crippen molar-refractivity contribution >= 4 is 44.6 Å². The number of rotatable bonds is 3. The Morgan fingerprint density at radius 2 is 1.45 bits per heavy atom. The molecule has 0 fully saturated rings. The third kappa shape index (κ3) is 3.42. The molecule has 4 heterocycles. The van der Waals surface area contributed by atoms with Gasteiger partial charge in [0, 0.05) is 45.2 Å². The van der Waals surface area contributed by atoms with Crippen LogP contribution < -0.4 is 0 Å². The molecule has 8 aromatic rings. The van der Waals surface area contributed by atoms with Crippen molar-refractivity contribution in [3.05, 3.63) is 150 Å². The van der Waals surface area contributed by atoms with Crippen LogP contribution in [0.4, 0.5) is 0 Å². The van der Waals surface area contributed by atoms with Gasteiger partial charge in [-0.05, 0) is 60.0 Å². The molecule has 42 heavy (non-hydrogen) atoms. The summed E-state index contributed by atoms with van der Waals surface area (Å²) < 4.78 is 4.48. The van der Waals surface area contributed by atoms with Crippen LogP contribution in [-0.4, -0.2) is 18.9 Å². The standard InChI is InChI=1S/C38H26N4/c1-2-13-28(14-3-1)42-33-18-7-6-15-29(33)32-24-26(20-21-34(32)42)25-11-10-12-27(23-25)36-30-16-4-5-17-31(30)37-38(40-36)41-22-9-8-19-35(41)39-37/h1-23,26H,24H2. The number of imidazole rings is 1. The van der Waals surface area contributed by atoms with Crippen molar-refractivity contribution in [2.45, 2.75) is 12.3 Å². The number of nitrogens with zero attached hydrogens (tertiary/aromatic N) is 4. The minimum Gasteiger partial charge on any atom is -0.310 e. The minimum atomic E-state index is 0.276. The molecule has 1 atom stereocenters. The van der Waals surface area contributed by atoms with Crippen LogP contribution in [0.5, 0.6) is 0 Å². The van der Waals surface area contributed by atoms with Crippen LogP contribution in [0.3, 0.4) is 0 Å². The summed E-state index contributed by atoms with van der Waals surface area (Å²) in [4.78, 5) is 10.2. The van der Waals surface area contributed by atoms with E-state index in [1.165, 1.54) is 33.4 Å². The Morgan fingerprint density at radius 1 is 0.667 bits per heavy atom. The van der Waals surface area contributed by atoms with Gasteiger partial charge in [-0.3, -0.25) is 4.40 Å². The second kappa shape index (κ2) is 9.02. The predicted octanol–water partition coefficient (Wildman–Crippen LogP) is 9.00. The summed E-state index contributed by atoms with van der Waals surface area (Å²) in [7, 11) is 0. The summed E-state index contributed by atoms with van der Waals surface area (Å²) in [6.07, 6.45) is 7.69. The van der Waals surface area contributed by atoms with Gasteiger partial charge in [0.15, 0.2) is 5.65 Å². The molecule has 0 N–H and O–H groups in total. The first-order valence-electron chi connectivity index (χ1n) is 14.5. The fraction of sp³-hybridized carbons (Fsp3) is 0.0526. The summed E-state index contributed by atoms with van der Waals surface area (Å²) in [5.74, 6) is 0.276. The van der Waals surface area contributed by atoms with Gasteiger partial charge in [0.25, 0.3) is 0 Å². The Hall–Kier alpha value is -5.48. The normalized spacial score (nSPS) is 14.7. The molecule has 1 aliphatic rings. The third-order valence-corrected chi connectivity index (χ3v) is 8.69. The highest BCUT2D eigenvalue weighted by Crippen LogP contribution is 2.40. The first-order chi connectivity index (χ1) is 20.8. The Bertz CT molecular complexity index is 2340. The summed E-state index contributed by atoms with van der Waals surface area (Å²) in [6, 6.07) is 43.0. The molecule has 4 aromatic heterocycles. The van der Waals surface area contributed by atoms with Crippen molar-refractivity contribution < 1.29 is 0 Å². The lowest BCUT2D eigenvalue weighted by Crippen LogP contribution is -2.07. The van der Waals surface area contributed by atoms with E-state index < -0.39 is 0 Å². The van der Waals surface area contributed by atoms with Crippen LogP contribution in [-0.2, 0) is 6.42 Å². The lowest BCUT2D eigenvalue weighted by molar-refractivity contribution is 0.825. The molecular formula is C38H26N4. The van der Waals surface area contributed by atoms with E-state index in [4.69, 9.17) is 9.97 Å². The molecule has 198 valence electrons. The molecule has 0 aliphatic heterocycles. The van der Waals surface area contributed by atoms with E-state index in [9.17, 15) is 0 Å². The van der Waals surface area contributed by atoms with Gasteiger partial charge in [0.1, 0.15) is 11.2 Å². The van der Waals surface area contributed by atoms with Crippen LogP contribution in [0.25, 0.3) is 61.5 Å². The SMILES string of the molecule is C1=CC(c2cccc(-c3nc4c(nc5ccccn54)c4ccccc34)c2)Cc2c1n(-c1ccccc1)c1ccccc21. The number of benzene rings is 4. The quantitative estimate of drug-likeness (QED) is 0.225. The van der Waals surface area contributed by atoms with E-state index in [1.54, 1.807) is 0 Å². The maximum absolute atomic E-state index is 5.24. The lowest BCUT2D eigenvalue weighted by atomic mass is 9.85. The van der Waals surface area contributed by atoms with Gasteiger partial charge < -0.3 is 4.57 Å². The van der Waals surface area contributed by atoms with Gasteiger partial charge in [-0.2, -0.15) is 0 Å². The van der Waals surface area contributed by atoms with E-state index in [-0.39, 0.29) is 5.92 Å². The Morgan fingerprint density at radius 3 is 2.36 bits per heavy atom. The maximum atomic E-state index is 5.24. The van der Waals surface area contributed by atoms with Crippen molar-refractivity contribution in [1.82, 2.24) is 18.9 Å². The minimum absolute atomic E-state index is 0.276. The average Bonchev–Trinajstić information content (AvgIpc) is 3.60. The van der Waals surface area contributed by atoms with Gasteiger partial charge in [0.05, 0.1) is 11.2 Å².